The molecule has 0 aromatic rings. The first-order valence-corrected chi connectivity index (χ1v) is 6.27. The quantitative estimate of drug-likeness (QED) is 0.764. The maximum Gasteiger partial charge on any atom is 0.326 e. The second-order valence-electron chi connectivity index (χ2n) is 4.83. The minimum atomic E-state index is -0.922. The van der Waals surface area contributed by atoms with E-state index in [0.29, 0.717) is 13.0 Å². The average Bonchev–Trinajstić information content (AvgIpc) is 2.27. The molecule has 0 spiro atoms. The van der Waals surface area contributed by atoms with E-state index in [1.807, 2.05) is 13.8 Å². The van der Waals surface area contributed by atoms with E-state index in [0.717, 1.165) is 19.3 Å². The number of likely N-dealkylation sites (tertiary alicyclic amines) is 1. The van der Waals surface area contributed by atoms with Crippen molar-refractivity contribution in [1.29, 1.82) is 0 Å². The van der Waals surface area contributed by atoms with Crippen molar-refractivity contribution in [3.63, 3.8) is 0 Å². The van der Waals surface area contributed by atoms with Crippen molar-refractivity contribution in [3.8, 4) is 0 Å². The van der Waals surface area contributed by atoms with E-state index < -0.39 is 18.1 Å². The van der Waals surface area contributed by atoms with Gasteiger partial charge >= 0.3 is 5.97 Å². The van der Waals surface area contributed by atoms with Gasteiger partial charge in [-0.05, 0) is 25.2 Å². The number of carboxylic acid groups (broad SMARTS) is 1. The molecule has 1 saturated heterocycles. The zero-order chi connectivity index (χ0) is 13.0. The molecule has 5 nitrogen and oxygen atoms in total. The molecule has 1 aliphatic heterocycles. The highest BCUT2D eigenvalue weighted by molar-refractivity contribution is 5.87. The van der Waals surface area contributed by atoms with Crippen molar-refractivity contribution in [2.75, 3.05) is 6.54 Å². The highest BCUT2D eigenvalue weighted by Gasteiger charge is 2.38. The van der Waals surface area contributed by atoms with Crippen LogP contribution in [0.2, 0.25) is 0 Å². The molecule has 0 saturated carbocycles. The molecule has 3 unspecified atom stereocenters. The Morgan fingerprint density at radius 3 is 2.71 bits per heavy atom. The molecule has 98 valence electrons. The van der Waals surface area contributed by atoms with Gasteiger partial charge in [0.05, 0.1) is 6.04 Å². The van der Waals surface area contributed by atoms with Crippen LogP contribution in [-0.2, 0) is 9.59 Å². The summed E-state index contributed by atoms with van der Waals surface area (Å²) >= 11 is 0. The van der Waals surface area contributed by atoms with Crippen LogP contribution in [-0.4, -0.2) is 40.5 Å². The Morgan fingerprint density at radius 1 is 1.53 bits per heavy atom. The Hall–Kier alpha value is -1.10. The van der Waals surface area contributed by atoms with Crippen molar-refractivity contribution in [1.82, 2.24) is 4.90 Å². The third kappa shape index (κ3) is 3.19. The second kappa shape index (κ2) is 6.00. The van der Waals surface area contributed by atoms with E-state index in [2.05, 4.69) is 0 Å². The molecule has 0 radical (unpaired) electrons. The number of hydrogen-bond donors (Lipinski definition) is 2. The van der Waals surface area contributed by atoms with E-state index in [1.54, 1.807) is 0 Å². The molecule has 0 aromatic heterocycles. The summed E-state index contributed by atoms with van der Waals surface area (Å²) in [5, 5.41) is 9.20. The zero-order valence-electron chi connectivity index (χ0n) is 10.6. The van der Waals surface area contributed by atoms with Gasteiger partial charge in [-0.2, -0.15) is 0 Å². The van der Waals surface area contributed by atoms with Crippen molar-refractivity contribution in [2.24, 2.45) is 11.7 Å². The second-order valence-corrected chi connectivity index (χ2v) is 4.83. The van der Waals surface area contributed by atoms with Crippen LogP contribution in [0.4, 0.5) is 0 Å². The van der Waals surface area contributed by atoms with Crippen LogP contribution in [0.3, 0.4) is 0 Å². The van der Waals surface area contributed by atoms with E-state index in [-0.39, 0.29) is 11.8 Å². The number of carboxylic acids is 1. The van der Waals surface area contributed by atoms with Crippen LogP contribution in [0.15, 0.2) is 0 Å². The first-order valence-electron chi connectivity index (χ1n) is 6.27. The first-order chi connectivity index (χ1) is 7.99. The first kappa shape index (κ1) is 14.0. The summed E-state index contributed by atoms with van der Waals surface area (Å²) in [6, 6.07) is -1.27. The van der Waals surface area contributed by atoms with Gasteiger partial charge in [0.25, 0.3) is 0 Å². The number of nitrogens with two attached hydrogens (primary N) is 1. The Kier molecular flexibility index (Phi) is 4.93. The summed E-state index contributed by atoms with van der Waals surface area (Å²) in [5.41, 5.74) is 5.78. The molecular weight excluding hydrogens is 220 g/mol. The number of amides is 1. The van der Waals surface area contributed by atoms with Crippen LogP contribution in [0.25, 0.3) is 0 Å². The Morgan fingerprint density at radius 2 is 2.18 bits per heavy atom. The number of aliphatic carboxylic acids is 1. The average molecular weight is 242 g/mol. The van der Waals surface area contributed by atoms with Crippen molar-refractivity contribution in [3.05, 3.63) is 0 Å². The molecule has 3 N–H and O–H groups in total. The number of carbonyl (C=O) groups is 2. The fraction of sp³-hybridized carbons (Fsp3) is 0.833. The molecule has 3 atom stereocenters. The van der Waals surface area contributed by atoms with Crippen LogP contribution in [0, 0.1) is 5.92 Å². The fourth-order valence-electron chi connectivity index (χ4n) is 2.46. The predicted molar refractivity (Wildman–Crippen MR) is 64.4 cm³/mol. The molecule has 1 amide bonds. The van der Waals surface area contributed by atoms with E-state index in [9.17, 15) is 14.7 Å². The third-order valence-corrected chi connectivity index (χ3v) is 3.39. The van der Waals surface area contributed by atoms with Crippen molar-refractivity contribution in [2.45, 2.75) is 51.6 Å². The summed E-state index contributed by atoms with van der Waals surface area (Å²) in [6.07, 6.45) is 3.14. The highest BCUT2D eigenvalue weighted by Crippen LogP contribution is 2.24. The third-order valence-electron chi connectivity index (χ3n) is 3.39. The fourth-order valence-corrected chi connectivity index (χ4v) is 2.46. The minimum Gasteiger partial charge on any atom is -0.480 e. The molecule has 1 rings (SSSR count). The number of rotatable bonds is 4. The Labute approximate surface area is 102 Å². The summed E-state index contributed by atoms with van der Waals surface area (Å²) in [6.45, 7) is 4.35. The van der Waals surface area contributed by atoms with Crippen LogP contribution >= 0.6 is 0 Å². The highest BCUT2D eigenvalue weighted by atomic mass is 16.4. The van der Waals surface area contributed by atoms with Gasteiger partial charge in [-0.1, -0.05) is 20.3 Å². The van der Waals surface area contributed by atoms with Crippen LogP contribution < -0.4 is 5.73 Å². The van der Waals surface area contributed by atoms with Gasteiger partial charge in [-0.15, -0.1) is 0 Å². The molecule has 0 aliphatic carbocycles. The number of nitrogens with zero attached hydrogens (tertiary/aromatic N) is 1. The lowest BCUT2D eigenvalue weighted by Gasteiger charge is -2.38. The SMILES string of the molecule is CCCC(N)C(=O)N1CCCC(C)C1C(=O)O. The lowest BCUT2D eigenvalue weighted by molar-refractivity contribution is -0.155. The maximum atomic E-state index is 12.1. The standard InChI is InChI=1S/C12H22N2O3/c1-3-5-9(13)11(15)14-7-4-6-8(2)10(14)12(16)17/h8-10H,3-7,13H2,1-2H3,(H,16,17). The number of piperidine rings is 1. The molecule has 0 bridgehead atoms. The van der Waals surface area contributed by atoms with Gasteiger partial charge in [-0.25, -0.2) is 4.79 Å². The van der Waals surface area contributed by atoms with Crippen molar-refractivity contribution < 1.29 is 14.7 Å². The normalized spacial score (nSPS) is 26.6. The number of hydrogen-bond acceptors (Lipinski definition) is 3. The van der Waals surface area contributed by atoms with Crippen LogP contribution in [0.5, 0.6) is 0 Å². The van der Waals surface area contributed by atoms with E-state index in [4.69, 9.17) is 5.73 Å². The molecule has 1 fully saturated rings. The predicted octanol–water partition coefficient (Wildman–Crippen LogP) is 0.825. The lowest BCUT2D eigenvalue weighted by atomic mass is 9.90. The lowest BCUT2D eigenvalue weighted by Crippen LogP contribution is -2.56. The van der Waals surface area contributed by atoms with Gasteiger partial charge in [0, 0.05) is 6.54 Å². The van der Waals surface area contributed by atoms with Gasteiger partial charge in [0.2, 0.25) is 5.91 Å². The van der Waals surface area contributed by atoms with Gasteiger partial charge in [-0.3, -0.25) is 4.79 Å². The Bertz CT molecular complexity index is 293. The monoisotopic (exact) mass is 242 g/mol. The van der Waals surface area contributed by atoms with E-state index in [1.165, 1.54) is 4.90 Å². The van der Waals surface area contributed by atoms with Crippen LogP contribution in [0.1, 0.15) is 39.5 Å². The topological polar surface area (TPSA) is 83.6 Å². The maximum absolute atomic E-state index is 12.1. The molecule has 0 aromatic carbocycles. The molecule has 1 heterocycles. The molecular formula is C12H22N2O3. The van der Waals surface area contributed by atoms with Gasteiger partial charge in [0.1, 0.15) is 6.04 Å². The summed E-state index contributed by atoms with van der Waals surface area (Å²) in [5.74, 6) is -1.14. The summed E-state index contributed by atoms with van der Waals surface area (Å²) in [7, 11) is 0. The smallest absolute Gasteiger partial charge is 0.326 e. The summed E-state index contributed by atoms with van der Waals surface area (Å²) < 4.78 is 0. The van der Waals surface area contributed by atoms with Gasteiger partial charge < -0.3 is 15.7 Å². The van der Waals surface area contributed by atoms with E-state index >= 15 is 0 Å². The molecule has 5 heteroatoms. The molecule has 1 aliphatic rings. The van der Waals surface area contributed by atoms with Crippen molar-refractivity contribution >= 4 is 11.9 Å². The molecule has 17 heavy (non-hydrogen) atoms. The Balaban J connectivity index is 2.78. The number of carbonyl (C=O) groups excluding carboxylic acids is 1. The van der Waals surface area contributed by atoms with Gasteiger partial charge in [0.15, 0.2) is 0 Å². The minimum absolute atomic E-state index is 0.000901. The summed E-state index contributed by atoms with van der Waals surface area (Å²) in [4.78, 5) is 24.8. The zero-order valence-corrected chi connectivity index (χ0v) is 10.6. The largest absolute Gasteiger partial charge is 0.480 e.